The molecular weight excluding hydrogens is 264 g/mol. The first-order valence-corrected chi connectivity index (χ1v) is 7.52. The third kappa shape index (κ3) is 3.97. The van der Waals surface area contributed by atoms with E-state index in [-0.39, 0.29) is 11.3 Å². The van der Waals surface area contributed by atoms with Crippen LogP contribution in [0.4, 0.5) is 0 Å². The van der Waals surface area contributed by atoms with Gasteiger partial charge in [-0.2, -0.15) is 0 Å². The number of rotatable bonds is 5. The Bertz CT molecular complexity index is 487. The lowest BCUT2D eigenvalue weighted by atomic mass is 9.86. The van der Waals surface area contributed by atoms with Crippen molar-refractivity contribution in [3.63, 3.8) is 0 Å². The summed E-state index contributed by atoms with van der Waals surface area (Å²) in [7, 11) is 1.65. The van der Waals surface area contributed by atoms with Gasteiger partial charge in [-0.05, 0) is 36.0 Å². The van der Waals surface area contributed by atoms with Crippen molar-refractivity contribution in [1.29, 1.82) is 0 Å². The molecular formula is C17H26N2O2. The van der Waals surface area contributed by atoms with Crippen molar-refractivity contribution in [3.8, 4) is 5.75 Å². The highest BCUT2D eigenvalue weighted by Crippen LogP contribution is 2.31. The van der Waals surface area contributed by atoms with Gasteiger partial charge in [0.25, 0.3) is 0 Å². The zero-order valence-corrected chi connectivity index (χ0v) is 13.4. The van der Waals surface area contributed by atoms with Crippen LogP contribution in [-0.2, 0) is 11.3 Å². The number of ether oxygens (including phenoxy) is 1. The average molecular weight is 290 g/mol. The minimum Gasteiger partial charge on any atom is -0.497 e. The van der Waals surface area contributed by atoms with Gasteiger partial charge in [0, 0.05) is 12.6 Å². The van der Waals surface area contributed by atoms with Gasteiger partial charge < -0.3 is 15.4 Å². The van der Waals surface area contributed by atoms with E-state index in [1.165, 1.54) is 0 Å². The lowest BCUT2D eigenvalue weighted by Crippen LogP contribution is -2.50. The molecule has 4 heteroatoms. The molecule has 1 amide bonds. The number of nitrogens with zero attached hydrogens (tertiary/aromatic N) is 1. The van der Waals surface area contributed by atoms with Gasteiger partial charge in [-0.1, -0.05) is 32.9 Å². The van der Waals surface area contributed by atoms with Gasteiger partial charge in [-0.3, -0.25) is 4.79 Å². The monoisotopic (exact) mass is 290 g/mol. The van der Waals surface area contributed by atoms with Crippen LogP contribution in [-0.4, -0.2) is 30.0 Å². The Hall–Kier alpha value is -1.55. The van der Waals surface area contributed by atoms with Crippen LogP contribution in [0.15, 0.2) is 24.3 Å². The van der Waals surface area contributed by atoms with Crippen molar-refractivity contribution in [2.24, 2.45) is 11.1 Å². The maximum absolute atomic E-state index is 12.7. The van der Waals surface area contributed by atoms with Crippen LogP contribution in [0.1, 0.15) is 39.2 Å². The van der Waals surface area contributed by atoms with Gasteiger partial charge in [0.2, 0.25) is 5.91 Å². The molecule has 21 heavy (non-hydrogen) atoms. The smallest absolute Gasteiger partial charge is 0.240 e. The van der Waals surface area contributed by atoms with E-state index in [1.807, 2.05) is 49.9 Å². The fraction of sp³-hybridized carbons (Fsp3) is 0.588. The van der Waals surface area contributed by atoms with E-state index < -0.39 is 6.04 Å². The molecule has 1 aliphatic rings. The van der Waals surface area contributed by atoms with Crippen molar-refractivity contribution < 1.29 is 9.53 Å². The van der Waals surface area contributed by atoms with E-state index in [4.69, 9.17) is 10.5 Å². The summed E-state index contributed by atoms with van der Waals surface area (Å²) in [6.07, 6.45) is 2.16. The second-order valence-electron chi connectivity index (χ2n) is 6.89. The highest BCUT2D eigenvalue weighted by Gasteiger charge is 2.38. The summed E-state index contributed by atoms with van der Waals surface area (Å²) in [5.74, 6) is 0.884. The number of hydrogen-bond donors (Lipinski definition) is 1. The van der Waals surface area contributed by atoms with E-state index in [2.05, 4.69) is 0 Å². The standard InChI is InChI=1S/C17H26N2O2/c1-17(2,3)15(18)16(20)19(13-7-8-13)11-12-5-9-14(21-4)10-6-12/h5-6,9-10,13,15H,7-8,11,18H2,1-4H3/t15-/m0/s1. The second kappa shape index (κ2) is 6.06. The number of carbonyl (C=O) groups excluding carboxylic acids is 1. The van der Waals surface area contributed by atoms with Crippen LogP contribution in [0.3, 0.4) is 0 Å². The zero-order chi connectivity index (χ0) is 15.6. The van der Waals surface area contributed by atoms with Crippen molar-refractivity contribution in [1.82, 2.24) is 4.90 Å². The van der Waals surface area contributed by atoms with Crippen molar-refractivity contribution in [3.05, 3.63) is 29.8 Å². The molecule has 2 N–H and O–H groups in total. The van der Waals surface area contributed by atoms with Gasteiger partial charge in [-0.25, -0.2) is 0 Å². The zero-order valence-electron chi connectivity index (χ0n) is 13.4. The molecule has 4 nitrogen and oxygen atoms in total. The van der Waals surface area contributed by atoms with E-state index in [0.29, 0.717) is 12.6 Å². The molecule has 2 rings (SSSR count). The molecule has 116 valence electrons. The predicted octanol–water partition coefficient (Wildman–Crippen LogP) is 2.56. The Balaban J connectivity index is 2.10. The van der Waals surface area contributed by atoms with Crippen LogP contribution in [0.25, 0.3) is 0 Å². The number of amides is 1. The van der Waals surface area contributed by atoms with Gasteiger partial charge >= 0.3 is 0 Å². The van der Waals surface area contributed by atoms with E-state index in [0.717, 1.165) is 24.2 Å². The van der Waals surface area contributed by atoms with Crippen LogP contribution < -0.4 is 10.5 Å². The summed E-state index contributed by atoms with van der Waals surface area (Å²) in [4.78, 5) is 14.6. The molecule has 1 saturated carbocycles. The molecule has 0 radical (unpaired) electrons. The van der Waals surface area contributed by atoms with E-state index in [1.54, 1.807) is 7.11 Å². The van der Waals surface area contributed by atoms with E-state index >= 15 is 0 Å². The molecule has 1 fully saturated rings. The van der Waals surface area contributed by atoms with Crippen molar-refractivity contribution in [2.45, 2.75) is 52.2 Å². The lowest BCUT2D eigenvalue weighted by Gasteiger charge is -2.32. The number of carbonyl (C=O) groups is 1. The van der Waals surface area contributed by atoms with Crippen molar-refractivity contribution >= 4 is 5.91 Å². The minimum atomic E-state index is -0.462. The Labute approximate surface area is 127 Å². The predicted molar refractivity (Wildman–Crippen MR) is 84.0 cm³/mol. The molecule has 1 aromatic carbocycles. The van der Waals surface area contributed by atoms with Gasteiger partial charge in [0.15, 0.2) is 0 Å². The maximum Gasteiger partial charge on any atom is 0.240 e. The topological polar surface area (TPSA) is 55.6 Å². The summed E-state index contributed by atoms with van der Waals surface area (Å²) < 4.78 is 5.16. The first kappa shape index (κ1) is 15.8. The van der Waals surface area contributed by atoms with Crippen LogP contribution >= 0.6 is 0 Å². The SMILES string of the molecule is COc1ccc(CN(C(=O)[C@H](N)C(C)(C)C)C2CC2)cc1. The molecule has 0 aromatic heterocycles. The van der Waals surface area contributed by atoms with Crippen LogP contribution in [0.2, 0.25) is 0 Å². The minimum absolute atomic E-state index is 0.0563. The Morgan fingerprint density at radius 1 is 1.33 bits per heavy atom. The Kier molecular flexibility index (Phi) is 4.57. The summed E-state index contributed by atoms with van der Waals surface area (Å²) in [5, 5.41) is 0. The number of nitrogens with two attached hydrogens (primary N) is 1. The fourth-order valence-corrected chi connectivity index (χ4v) is 2.25. The number of benzene rings is 1. The second-order valence-corrected chi connectivity index (χ2v) is 6.89. The molecule has 0 heterocycles. The number of methoxy groups -OCH3 is 1. The third-order valence-electron chi connectivity index (χ3n) is 3.98. The summed E-state index contributed by atoms with van der Waals surface area (Å²) in [6, 6.07) is 7.75. The highest BCUT2D eigenvalue weighted by molar-refractivity contribution is 5.83. The summed E-state index contributed by atoms with van der Waals surface area (Å²) in [5.41, 5.74) is 7.04. The third-order valence-corrected chi connectivity index (χ3v) is 3.98. The first-order chi connectivity index (χ1) is 9.82. The number of hydrogen-bond acceptors (Lipinski definition) is 3. The summed E-state index contributed by atoms with van der Waals surface area (Å²) in [6.45, 7) is 6.65. The van der Waals surface area contributed by atoms with Gasteiger partial charge in [0.1, 0.15) is 5.75 Å². The highest BCUT2D eigenvalue weighted by atomic mass is 16.5. The first-order valence-electron chi connectivity index (χ1n) is 7.52. The largest absolute Gasteiger partial charge is 0.497 e. The molecule has 1 atom stereocenters. The molecule has 1 aromatic rings. The van der Waals surface area contributed by atoms with Crippen LogP contribution in [0.5, 0.6) is 5.75 Å². The van der Waals surface area contributed by atoms with Gasteiger partial charge in [0.05, 0.1) is 13.2 Å². The molecule has 1 aliphatic carbocycles. The summed E-state index contributed by atoms with van der Waals surface area (Å²) >= 11 is 0. The van der Waals surface area contributed by atoms with Crippen LogP contribution in [0, 0.1) is 5.41 Å². The Morgan fingerprint density at radius 3 is 2.33 bits per heavy atom. The maximum atomic E-state index is 12.7. The molecule has 0 bridgehead atoms. The molecule has 0 unspecified atom stereocenters. The molecule has 0 saturated heterocycles. The lowest BCUT2D eigenvalue weighted by molar-refractivity contribution is -0.136. The fourth-order valence-electron chi connectivity index (χ4n) is 2.25. The normalized spacial score (nSPS) is 16.4. The quantitative estimate of drug-likeness (QED) is 0.906. The Morgan fingerprint density at radius 2 is 1.90 bits per heavy atom. The van der Waals surface area contributed by atoms with Gasteiger partial charge in [-0.15, -0.1) is 0 Å². The molecule has 0 spiro atoms. The van der Waals surface area contributed by atoms with Crippen molar-refractivity contribution in [2.75, 3.05) is 7.11 Å². The average Bonchev–Trinajstić information content (AvgIpc) is 3.27. The molecule has 0 aliphatic heterocycles. The van der Waals surface area contributed by atoms with E-state index in [9.17, 15) is 4.79 Å².